The van der Waals surface area contributed by atoms with E-state index < -0.39 is 5.97 Å². The predicted molar refractivity (Wildman–Crippen MR) is 59.3 cm³/mol. The molecule has 0 aliphatic carbocycles. The second-order valence-electron chi connectivity index (χ2n) is 2.76. The third-order valence-corrected chi connectivity index (χ3v) is 2.10. The molecule has 0 amide bonds. The van der Waals surface area contributed by atoms with Gasteiger partial charge in [-0.1, -0.05) is 17.5 Å². The number of carbonyl (C=O) groups is 1. The molecule has 16 heavy (non-hydrogen) atoms. The van der Waals surface area contributed by atoms with Crippen molar-refractivity contribution >= 4 is 17.6 Å². The Morgan fingerprint density at radius 1 is 1.56 bits per heavy atom. The van der Waals surface area contributed by atoms with Crippen molar-refractivity contribution in [2.75, 3.05) is 13.7 Å². The van der Waals surface area contributed by atoms with Crippen molar-refractivity contribution in [2.24, 2.45) is 0 Å². The van der Waals surface area contributed by atoms with Gasteiger partial charge in [-0.3, -0.25) is 0 Å². The summed E-state index contributed by atoms with van der Waals surface area (Å²) in [7, 11) is 1.37. The van der Waals surface area contributed by atoms with E-state index >= 15 is 0 Å². The van der Waals surface area contributed by atoms with E-state index in [9.17, 15) is 4.79 Å². The fraction of sp³-hybridized carbons (Fsp3) is 0.182. The van der Waals surface area contributed by atoms with E-state index in [0.717, 1.165) is 0 Å². The minimum atomic E-state index is -1.14. The highest BCUT2D eigenvalue weighted by molar-refractivity contribution is 6.32. The standard InChI is InChI=1S/C11H9ClO4/c1-3-6-16-9-7(11(13)14)4-5-8(12)10(9)15-2/h1,4-5H,6H2,2H3,(H,13,14). The van der Waals surface area contributed by atoms with Crippen molar-refractivity contribution in [1.29, 1.82) is 0 Å². The molecular weight excluding hydrogens is 232 g/mol. The fourth-order valence-corrected chi connectivity index (χ4v) is 1.38. The molecule has 4 nitrogen and oxygen atoms in total. The second kappa shape index (κ2) is 5.29. The van der Waals surface area contributed by atoms with Crippen LogP contribution in [0.25, 0.3) is 0 Å². The summed E-state index contributed by atoms with van der Waals surface area (Å²) in [6.45, 7) is -0.0585. The van der Waals surface area contributed by atoms with Gasteiger partial charge in [0.1, 0.15) is 12.2 Å². The first-order chi connectivity index (χ1) is 7.61. The van der Waals surface area contributed by atoms with E-state index in [1.54, 1.807) is 0 Å². The number of ether oxygens (including phenoxy) is 2. The van der Waals surface area contributed by atoms with Gasteiger partial charge in [0.2, 0.25) is 0 Å². The van der Waals surface area contributed by atoms with Crippen LogP contribution in [0.1, 0.15) is 10.4 Å². The van der Waals surface area contributed by atoms with Gasteiger partial charge in [-0.25, -0.2) is 4.79 Å². The molecule has 84 valence electrons. The average molecular weight is 241 g/mol. The van der Waals surface area contributed by atoms with Gasteiger partial charge in [0.05, 0.1) is 12.1 Å². The zero-order chi connectivity index (χ0) is 12.1. The Morgan fingerprint density at radius 3 is 2.75 bits per heavy atom. The Bertz CT molecular complexity index is 448. The van der Waals surface area contributed by atoms with E-state index in [4.69, 9.17) is 32.6 Å². The molecule has 0 fully saturated rings. The molecule has 0 aliphatic heterocycles. The second-order valence-corrected chi connectivity index (χ2v) is 3.16. The lowest BCUT2D eigenvalue weighted by Crippen LogP contribution is -2.05. The number of terminal acetylenes is 1. The molecule has 1 aromatic rings. The SMILES string of the molecule is C#CCOc1c(C(=O)O)ccc(Cl)c1OC. The maximum absolute atomic E-state index is 10.9. The monoisotopic (exact) mass is 240 g/mol. The molecule has 1 aromatic carbocycles. The topological polar surface area (TPSA) is 55.8 Å². The lowest BCUT2D eigenvalue weighted by molar-refractivity contribution is 0.0692. The number of aromatic carboxylic acids is 1. The Balaban J connectivity index is 3.30. The number of methoxy groups -OCH3 is 1. The Labute approximate surface area is 97.7 Å². The van der Waals surface area contributed by atoms with E-state index in [-0.39, 0.29) is 28.7 Å². The Morgan fingerprint density at radius 2 is 2.25 bits per heavy atom. The summed E-state index contributed by atoms with van der Waals surface area (Å²) in [6.07, 6.45) is 5.04. The van der Waals surface area contributed by atoms with Gasteiger partial charge in [-0.05, 0) is 12.1 Å². The molecule has 0 aliphatic rings. The van der Waals surface area contributed by atoms with Crippen LogP contribution in [0.5, 0.6) is 11.5 Å². The summed E-state index contributed by atoms with van der Waals surface area (Å²) in [4.78, 5) is 10.9. The van der Waals surface area contributed by atoms with Crippen molar-refractivity contribution in [3.05, 3.63) is 22.7 Å². The number of halogens is 1. The number of benzene rings is 1. The van der Waals surface area contributed by atoms with E-state index in [2.05, 4.69) is 5.92 Å². The first kappa shape index (κ1) is 12.2. The highest BCUT2D eigenvalue weighted by Gasteiger charge is 2.19. The summed E-state index contributed by atoms with van der Waals surface area (Å²) in [5.41, 5.74) is -0.0449. The lowest BCUT2D eigenvalue weighted by Gasteiger charge is -2.12. The summed E-state index contributed by atoms with van der Waals surface area (Å²) in [6, 6.07) is 2.76. The van der Waals surface area contributed by atoms with Crippen LogP contribution < -0.4 is 9.47 Å². The quantitative estimate of drug-likeness (QED) is 0.819. The molecule has 1 N–H and O–H groups in total. The highest BCUT2D eigenvalue weighted by Crippen LogP contribution is 2.37. The van der Waals surface area contributed by atoms with Crippen LogP contribution >= 0.6 is 11.6 Å². The molecule has 0 radical (unpaired) electrons. The van der Waals surface area contributed by atoms with Gasteiger partial charge >= 0.3 is 5.97 Å². The fourth-order valence-electron chi connectivity index (χ4n) is 1.15. The average Bonchev–Trinajstić information content (AvgIpc) is 2.25. The molecule has 0 unspecified atom stereocenters. The molecule has 0 atom stereocenters. The smallest absolute Gasteiger partial charge is 0.339 e. The summed E-state index contributed by atoms with van der Waals surface area (Å²) < 4.78 is 10.1. The number of hydrogen-bond donors (Lipinski definition) is 1. The van der Waals surface area contributed by atoms with E-state index in [1.165, 1.54) is 19.2 Å². The molecule has 0 saturated heterocycles. The zero-order valence-electron chi connectivity index (χ0n) is 8.49. The third-order valence-electron chi connectivity index (χ3n) is 1.80. The van der Waals surface area contributed by atoms with Crippen LogP contribution in [0, 0.1) is 12.3 Å². The van der Waals surface area contributed by atoms with Gasteiger partial charge in [0, 0.05) is 0 Å². The molecule has 0 bridgehead atoms. The number of rotatable bonds is 4. The molecule has 0 heterocycles. The van der Waals surface area contributed by atoms with Gasteiger partial charge in [-0.15, -0.1) is 6.42 Å². The van der Waals surface area contributed by atoms with Crippen molar-refractivity contribution < 1.29 is 19.4 Å². The predicted octanol–water partition coefficient (Wildman–Crippen LogP) is 2.06. The van der Waals surface area contributed by atoms with E-state index in [1.807, 2.05) is 0 Å². The van der Waals surface area contributed by atoms with Crippen molar-refractivity contribution in [3.63, 3.8) is 0 Å². The largest absolute Gasteiger partial charge is 0.491 e. The highest BCUT2D eigenvalue weighted by atomic mass is 35.5. The van der Waals surface area contributed by atoms with Gasteiger partial charge in [-0.2, -0.15) is 0 Å². The van der Waals surface area contributed by atoms with Crippen LogP contribution in [-0.2, 0) is 0 Å². The van der Waals surface area contributed by atoms with Crippen LogP contribution in [0.15, 0.2) is 12.1 Å². The Hall–Kier alpha value is -1.86. The summed E-state index contributed by atoms with van der Waals surface area (Å²) >= 11 is 5.84. The maximum atomic E-state index is 10.9. The summed E-state index contributed by atoms with van der Waals surface area (Å²) in [5.74, 6) is 1.31. The van der Waals surface area contributed by atoms with Gasteiger partial charge < -0.3 is 14.6 Å². The van der Waals surface area contributed by atoms with Crippen LogP contribution in [-0.4, -0.2) is 24.8 Å². The number of carboxylic acid groups (broad SMARTS) is 1. The molecule has 0 saturated carbocycles. The Kier molecular flexibility index (Phi) is 4.03. The molecule has 0 spiro atoms. The minimum absolute atomic E-state index is 0.0421. The maximum Gasteiger partial charge on any atom is 0.339 e. The first-order valence-corrected chi connectivity index (χ1v) is 4.65. The van der Waals surface area contributed by atoms with Crippen molar-refractivity contribution in [1.82, 2.24) is 0 Å². The molecule has 5 heteroatoms. The van der Waals surface area contributed by atoms with Gasteiger partial charge in [0.15, 0.2) is 11.5 Å². The normalized spacial score (nSPS) is 9.31. The van der Waals surface area contributed by atoms with Crippen LogP contribution in [0.4, 0.5) is 0 Å². The first-order valence-electron chi connectivity index (χ1n) is 4.27. The number of hydrogen-bond acceptors (Lipinski definition) is 3. The lowest BCUT2D eigenvalue weighted by atomic mass is 10.2. The number of carboxylic acids is 1. The minimum Gasteiger partial charge on any atom is -0.491 e. The molecule has 0 aromatic heterocycles. The van der Waals surface area contributed by atoms with Crippen LogP contribution in [0.3, 0.4) is 0 Å². The zero-order valence-corrected chi connectivity index (χ0v) is 9.25. The summed E-state index contributed by atoms with van der Waals surface area (Å²) in [5, 5.41) is 9.21. The van der Waals surface area contributed by atoms with Crippen molar-refractivity contribution in [3.8, 4) is 23.8 Å². The molecule has 1 rings (SSSR count). The van der Waals surface area contributed by atoms with Gasteiger partial charge in [0.25, 0.3) is 0 Å². The van der Waals surface area contributed by atoms with E-state index in [0.29, 0.717) is 0 Å². The third kappa shape index (κ3) is 2.38. The molecular formula is C11H9ClO4. The van der Waals surface area contributed by atoms with Crippen LogP contribution in [0.2, 0.25) is 5.02 Å². The van der Waals surface area contributed by atoms with Crippen molar-refractivity contribution in [2.45, 2.75) is 0 Å².